The van der Waals surface area contributed by atoms with E-state index in [1.54, 1.807) is 37.3 Å². The Kier molecular flexibility index (Phi) is 4.94. The van der Waals surface area contributed by atoms with Crippen LogP contribution < -0.4 is 4.74 Å². The van der Waals surface area contributed by atoms with Crippen LogP contribution in [0.5, 0.6) is 11.5 Å². The normalized spacial score (nSPS) is 11.7. The van der Waals surface area contributed by atoms with Crippen LogP contribution in [0.15, 0.2) is 42.5 Å². The monoisotopic (exact) mass is 283 g/mol. The van der Waals surface area contributed by atoms with Crippen molar-refractivity contribution in [2.24, 2.45) is 0 Å². The average Bonchev–Trinajstić information content (AvgIpc) is 2.49. The maximum atomic E-state index is 9.77. The standard InChI is InChI=1S/C17H17NO3/c1-12(20)16-7-4-14(11-18)10-17(16)21-15-5-2-13(3-6-15)8-9-19/h2-7,10,12,19-20H,8-9H2,1H3. The van der Waals surface area contributed by atoms with E-state index in [9.17, 15) is 5.11 Å². The van der Waals surface area contributed by atoms with Crippen LogP contribution in [0.4, 0.5) is 0 Å². The van der Waals surface area contributed by atoms with Crippen LogP contribution in [0.1, 0.15) is 29.7 Å². The van der Waals surface area contributed by atoms with Crippen LogP contribution in [0.25, 0.3) is 0 Å². The Bertz CT molecular complexity index is 642. The zero-order valence-corrected chi connectivity index (χ0v) is 11.8. The molecule has 2 aromatic carbocycles. The fourth-order valence-electron chi connectivity index (χ4n) is 2.02. The molecule has 0 aliphatic rings. The lowest BCUT2D eigenvalue weighted by molar-refractivity contribution is 0.195. The topological polar surface area (TPSA) is 73.5 Å². The molecule has 0 aliphatic carbocycles. The molecule has 2 rings (SSSR count). The van der Waals surface area contributed by atoms with Crippen molar-refractivity contribution in [2.45, 2.75) is 19.4 Å². The summed E-state index contributed by atoms with van der Waals surface area (Å²) in [6.07, 6.45) is -0.0789. The van der Waals surface area contributed by atoms with E-state index in [1.165, 1.54) is 0 Å². The third-order valence-corrected chi connectivity index (χ3v) is 3.14. The Morgan fingerprint density at radius 1 is 1.19 bits per heavy atom. The van der Waals surface area contributed by atoms with Crippen LogP contribution in [0.2, 0.25) is 0 Å². The van der Waals surface area contributed by atoms with Crippen molar-refractivity contribution >= 4 is 0 Å². The van der Waals surface area contributed by atoms with Crippen LogP contribution >= 0.6 is 0 Å². The largest absolute Gasteiger partial charge is 0.457 e. The molecule has 1 unspecified atom stereocenters. The second-order valence-corrected chi connectivity index (χ2v) is 4.76. The smallest absolute Gasteiger partial charge is 0.134 e. The summed E-state index contributed by atoms with van der Waals surface area (Å²) in [6.45, 7) is 1.76. The van der Waals surface area contributed by atoms with Crippen LogP contribution in [0.3, 0.4) is 0 Å². The second-order valence-electron chi connectivity index (χ2n) is 4.76. The summed E-state index contributed by atoms with van der Waals surface area (Å²) in [6, 6.07) is 14.4. The van der Waals surface area contributed by atoms with Crippen molar-refractivity contribution in [3.63, 3.8) is 0 Å². The van der Waals surface area contributed by atoms with Crippen molar-refractivity contribution in [3.8, 4) is 17.6 Å². The number of aliphatic hydroxyl groups is 2. The molecule has 108 valence electrons. The molecular formula is C17H17NO3. The first-order chi connectivity index (χ1) is 10.1. The number of rotatable bonds is 5. The molecule has 4 heteroatoms. The molecule has 2 N–H and O–H groups in total. The van der Waals surface area contributed by atoms with E-state index >= 15 is 0 Å². The first-order valence-electron chi connectivity index (χ1n) is 6.74. The highest BCUT2D eigenvalue weighted by Crippen LogP contribution is 2.30. The average molecular weight is 283 g/mol. The summed E-state index contributed by atoms with van der Waals surface area (Å²) in [7, 11) is 0. The lowest BCUT2D eigenvalue weighted by Crippen LogP contribution is -1.97. The minimum atomic E-state index is -0.679. The molecule has 0 aromatic heterocycles. The number of benzene rings is 2. The Balaban J connectivity index is 2.27. The van der Waals surface area contributed by atoms with E-state index in [0.29, 0.717) is 29.0 Å². The van der Waals surface area contributed by atoms with Crippen molar-refractivity contribution in [1.82, 2.24) is 0 Å². The fourth-order valence-corrected chi connectivity index (χ4v) is 2.02. The summed E-state index contributed by atoms with van der Waals surface area (Å²) in [5, 5.41) is 27.6. The number of aliphatic hydroxyl groups excluding tert-OH is 2. The van der Waals surface area contributed by atoms with Gasteiger partial charge in [0.1, 0.15) is 11.5 Å². The number of hydrogen-bond donors (Lipinski definition) is 2. The highest BCUT2D eigenvalue weighted by molar-refractivity contribution is 5.45. The number of hydrogen-bond acceptors (Lipinski definition) is 4. The van der Waals surface area contributed by atoms with Gasteiger partial charge in [0.05, 0.1) is 17.7 Å². The third-order valence-electron chi connectivity index (χ3n) is 3.14. The lowest BCUT2D eigenvalue weighted by Gasteiger charge is -2.13. The molecule has 0 saturated heterocycles. The number of nitrogens with zero attached hydrogens (tertiary/aromatic N) is 1. The van der Waals surface area contributed by atoms with Crippen molar-refractivity contribution < 1.29 is 14.9 Å². The van der Waals surface area contributed by atoms with E-state index in [4.69, 9.17) is 15.1 Å². The predicted octanol–water partition coefficient (Wildman–Crippen LogP) is 2.94. The van der Waals surface area contributed by atoms with Crippen molar-refractivity contribution in [3.05, 3.63) is 59.2 Å². The minimum Gasteiger partial charge on any atom is -0.457 e. The zero-order valence-electron chi connectivity index (χ0n) is 11.8. The molecule has 0 heterocycles. The zero-order chi connectivity index (χ0) is 15.2. The van der Waals surface area contributed by atoms with Crippen LogP contribution in [-0.2, 0) is 6.42 Å². The van der Waals surface area contributed by atoms with Gasteiger partial charge in [-0.15, -0.1) is 0 Å². The van der Waals surface area contributed by atoms with Gasteiger partial charge in [-0.1, -0.05) is 18.2 Å². The summed E-state index contributed by atoms with van der Waals surface area (Å²) in [5.74, 6) is 1.09. The van der Waals surface area contributed by atoms with E-state index in [2.05, 4.69) is 6.07 Å². The van der Waals surface area contributed by atoms with E-state index in [1.807, 2.05) is 12.1 Å². The van der Waals surface area contributed by atoms with Gasteiger partial charge in [-0.05, 0) is 43.2 Å². The highest BCUT2D eigenvalue weighted by Gasteiger charge is 2.11. The lowest BCUT2D eigenvalue weighted by atomic mass is 10.1. The van der Waals surface area contributed by atoms with Gasteiger partial charge in [0.2, 0.25) is 0 Å². The van der Waals surface area contributed by atoms with Gasteiger partial charge in [-0.2, -0.15) is 5.26 Å². The molecule has 0 radical (unpaired) electrons. The molecule has 1 atom stereocenters. The molecule has 0 aliphatic heterocycles. The summed E-state index contributed by atoms with van der Waals surface area (Å²) in [4.78, 5) is 0. The molecule has 2 aromatic rings. The van der Waals surface area contributed by atoms with Gasteiger partial charge in [-0.25, -0.2) is 0 Å². The molecule has 0 fully saturated rings. The summed E-state index contributed by atoms with van der Waals surface area (Å²) in [5.41, 5.74) is 2.13. The molecule has 4 nitrogen and oxygen atoms in total. The molecule has 0 amide bonds. The molecule has 0 spiro atoms. The van der Waals surface area contributed by atoms with Crippen molar-refractivity contribution in [1.29, 1.82) is 5.26 Å². The van der Waals surface area contributed by atoms with E-state index in [-0.39, 0.29) is 6.61 Å². The third kappa shape index (κ3) is 3.82. The first-order valence-corrected chi connectivity index (χ1v) is 6.74. The van der Waals surface area contributed by atoms with Gasteiger partial charge in [0.15, 0.2) is 0 Å². The quantitative estimate of drug-likeness (QED) is 0.884. The highest BCUT2D eigenvalue weighted by atomic mass is 16.5. The summed E-state index contributed by atoms with van der Waals surface area (Å²) >= 11 is 0. The molecule has 0 saturated carbocycles. The van der Waals surface area contributed by atoms with Crippen molar-refractivity contribution in [2.75, 3.05) is 6.61 Å². The number of ether oxygens (including phenoxy) is 1. The maximum Gasteiger partial charge on any atom is 0.134 e. The Morgan fingerprint density at radius 2 is 1.90 bits per heavy atom. The van der Waals surface area contributed by atoms with Gasteiger partial charge < -0.3 is 14.9 Å². The fraction of sp³-hybridized carbons (Fsp3) is 0.235. The van der Waals surface area contributed by atoms with Gasteiger partial charge >= 0.3 is 0 Å². The second kappa shape index (κ2) is 6.89. The predicted molar refractivity (Wildman–Crippen MR) is 79.1 cm³/mol. The molecular weight excluding hydrogens is 266 g/mol. The van der Waals surface area contributed by atoms with Crippen LogP contribution in [-0.4, -0.2) is 16.8 Å². The van der Waals surface area contributed by atoms with E-state index < -0.39 is 6.10 Å². The Hall–Kier alpha value is -2.35. The minimum absolute atomic E-state index is 0.108. The molecule has 0 bridgehead atoms. The first kappa shape index (κ1) is 15.0. The summed E-state index contributed by atoms with van der Waals surface area (Å²) < 4.78 is 5.77. The molecule has 21 heavy (non-hydrogen) atoms. The van der Waals surface area contributed by atoms with Crippen LogP contribution in [0, 0.1) is 11.3 Å². The maximum absolute atomic E-state index is 9.77. The SMILES string of the molecule is CC(O)c1ccc(C#N)cc1Oc1ccc(CCO)cc1. The van der Waals surface area contributed by atoms with Gasteiger partial charge in [0.25, 0.3) is 0 Å². The van der Waals surface area contributed by atoms with E-state index in [0.717, 1.165) is 5.56 Å². The Morgan fingerprint density at radius 3 is 2.48 bits per heavy atom. The van der Waals surface area contributed by atoms with Gasteiger partial charge in [0, 0.05) is 12.2 Å². The van der Waals surface area contributed by atoms with Gasteiger partial charge in [-0.3, -0.25) is 0 Å². The Labute approximate surface area is 123 Å². The number of nitriles is 1.